The van der Waals surface area contributed by atoms with Crippen molar-refractivity contribution in [1.82, 2.24) is 20.1 Å². The minimum Gasteiger partial charge on any atom is -0.366 e. The van der Waals surface area contributed by atoms with Gasteiger partial charge in [0, 0.05) is 23.2 Å². The van der Waals surface area contributed by atoms with E-state index < -0.39 is 0 Å². The highest BCUT2D eigenvalue weighted by Gasteiger charge is 2.22. The minimum absolute atomic E-state index is 0.223. The molecule has 1 aliphatic carbocycles. The largest absolute Gasteiger partial charge is 0.366 e. The number of hydroxylamine groups is 1. The molecule has 0 bridgehead atoms. The Morgan fingerprint density at radius 1 is 1.18 bits per heavy atom. The van der Waals surface area contributed by atoms with Gasteiger partial charge in [-0.1, -0.05) is 45.2 Å². The Labute approximate surface area is 192 Å². The highest BCUT2D eigenvalue weighted by Crippen LogP contribution is 2.22. The van der Waals surface area contributed by atoms with Gasteiger partial charge in [0.25, 0.3) is 5.91 Å². The predicted octanol–water partition coefficient (Wildman–Crippen LogP) is 3.99. The minimum atomic E-state index is -0.278. The van der Waals surface area contributed by atoms with Gasteiger partial charge in [-0.25, -0.2) is 24.8 Å². The molecule has 33 heavy (non-hydrogen) atoms. The van der Waals surface area contributed by atoms with Gasteiger partial charge >= 0.3 is 0 Å². The van der Waals surface area contributed by atoms with Crippen LogP contribution in [0.3, 0.4) is 0 Å². The Balaban J connectivity index is 1.33. The monoisotopic (exact) mass is 447 g/mol. The van der Waals surface area contributed by atoms with Crippen LogP contribution >= 0.6 is 0 Å². The zero-order valence-corrected chi connectivity index (χ0v) is 18.9. The summed E-state index contributed by atoms with van der Waals surface area (Å²) in [6.45, 7) is 4.10. The van der Waals surface area contributed by atoms with Gasteiger partial charge < -0.3 is 10.6 Å². The molecule has 9 heteroatoms. The maximum absolute atomic E-state index is 13.1. The van der Waals surface area contributed by atoms with Crippen LogP contribution in [0.5, 0.6) is 0 Å². The van der Waals surface area contributed by atoms with Gasteiger partial charge in [-0.3, -0.25) is 4.79 Å². The van der Waals surface area contributed by atoms with E-state index in [2.05, 4.69) is 45.0 Å². The number of aliphatic imine (C=N–C) groups is 1. The fraction of sp³-hybridized carbons (Fsp3) is 0.417. The molecule has 1 atom stereocenters. The van der Waals surface area contributed by atoms with Crippen molar-refractivity contribution in [2.45, 2.75) is 58.2 Å². The number of amidine groups is 1. The van der Waals surface area contributed by atoms with E-state index in [0.29, 0.717) is 28.9 Å². The molecule has 5 rings (SSSR count). The summed E-state index contributed by atoms with van der Waals surface area (Å²) in [7, 11) is 0. The van der Waals surface area contributed by atoms with Crippen LogP contribution in [0.1, 0.15) is 62.0 Å². The van der Waals surface area contributed by atoms with Gasteiger partial charge in [0.1, 0.15) is 5.82 Å². The summed E-state index contributed by atoms with van der Waals surface area (Å²) in [6, 6.07) is 11.7. The second-order valence-electron chi connectivity index (χ2n) is 8.98. The number of aromatic nitrogens is 3. The summed E-state index contributed by atoms with van der Waals surface area (Å²) < 4.78 is 1.59. The van der Waals surface area contributed by atoms with Crippen molar-refractivity contribution in [3.05, 3.63) is 53.9 Å². The molecule has 1 aliphatic heterocycles. The lowest BCUT2D eigenvalue weighted by Crippen LogP contribution is -2.23. The van der Waals surface area contributed by atoms with Crippen LogP contribution in [0.15, 0.2) is 47.6 Å². The third-order valence-corrected chi connectivity index (χ3v) is 6.05. The number of carbonyl (C=O) groups is 1. The average molecular weight is 448 g/mol. The van der Waals surface area contributed by atoms with Gasteiger partial charge in [0.2, 0.25) is 0 Å². The normalized spacial score (nSPS) is 18.9. The van der Waals surface area contributed by atoms with Crippen molar-refractivity contribution in [2.24, 2.45) is 10.9 Å². The smallest absolute Gasteiger partial charge is 0.276 e. The number of rotatable bonds is 6. The fourth-order valence-corrected chi connectivity index (χ4v) is 4.22. The number of imidazole rings is 1. The topological polar surface area (TPSA) is 105 Å². The molecule has 2 aromatic heterocycles. The number of nitrogens with zero attached hydrogens (tertiary/aromatic N) is 4. The first-order valence-corrected chi connectivity index (χ1v) is 11.6. The standard InChI is InChI=1S/C24H29N7O2/c1-15(2)24-28-22(30-33-24)16-7-6-10-18(13-16)27-23(32)19-14-25-21-12-11-20(29-31(19)21)26-17-8-4-3-5-9-17/h6-7,10-15,17,24H,3-5,8-9H2,1-2H3,(H,26,29)(H,27,32)(H,28,30). The zero-order valence-electron chi connectivity index (χ0n) is 18.9. The second kappa shape index (κ2) is 9.19. The number of anilines is 2. The third kappa shape index (κ3) is 4.68. The number of amides is 1. The molecule has 1 fully saturated rings. The maximum Gasteiger partial charge on any atom is 0.276 e. The Morgan fingerprint density at radius 3 is 2.82 bits per heavy atom. The van der Waals surface area contributed by atoms with Crippen molar-refractivity contribution in [2.75, 3.05) is 10.6 Å². The first-order chi connectivity index (χ1) is 16.1. The number of hydrogen-bond acceptors (Lipinski definition) is 7. The predicted molar refractivity (Wildman–Crippen MR) is 127 cm³/mol. The second-order valence-corrected chi connectivity index (χ2v) is 8.98. The van der Waals surface area contributed by atoms with Gasteiger partial charge in [-0.15, -0.1) is 5.10 Å². The summed E-state index contributed by atoms with van der Waals surface area (Å²) in [5.74, 6) is 1.39. The molecule has 0 spiro atoms. The van der Waals surface area contributed by atoms with Crippen molar-refractivity contribution < 1.29 is 9.63 Å². The number of hydrogen-bond donors (Lipinski definition) is 3. The van der Waals surface area contributed by atoms with Crippen LogP contribution < -0.4 is 16.1 Å². The quantitative estimate of drug-likeness (QED) is 0.528. The van der Waals surface area contributed by atoms with Crippen LogP contribution in [0.2, 0.25) is 0 Å². The van der Waals surface area contributed by atoms with E-state index in [9.17, 15) is 4.79 Å². The van der Waals surface area contributed by atoms with E-state index in [1.165, 1.54) is 19.3 Å². The molecular weight excluding hydrogens is 418 g/mol. The highest BCUT2D eigenvalue weighted by atomic mass is 16.7. The average Bonchev–Trinajstić information content (AvgIpc) is 3.48. The van der Waals surface area contributed by atoms with Crippen LogP contribution in [-0.2, 0) is 4.84 Å². The molecule has 9 nitrogen and oxygen atoms in total. The van der Waals surface area contributed by atoms with E-state index >= 15 is 0 Å². The highest BCUT2D eigenvalue weighted by molar-refractivity contribution is 6.05. The fourth-order valence-electron chi connectivity index (χ4n) is 4.22. The zero-order chi connectivity index (χ0) is 22.8. The number of carbonyl (C=O) groups excluding carboxylic acids is 1. The first-order valence-electron chi connectivity index (χ1n) is 11.6. The Bertz CT molecular complexity index is 1180. The van der Waals surface area contributed by atoms with Crippen LogP contribution in [0.4, 0.5) is 11.5 Å². The number of nitrogens with one attached hydrogen (secondary N) is 3. The van der Waals surface area contributed by atoms with Gasteiger partial charge in [-0.05, 0) is 37.1 Å². The molecule has 2 aliphatic rings. The van der Waals surface area contributed by atoms with Crippen molar-refractivity contribution in [3.8, 4) is 0 Å². The van der Waals surface area contributed by atoms with E-state index in [-0.39, 0.29) is 18.1 Å². The summed E-state index contributed by atoms with van der Waals surface area (Å²) in [4.78, 5) is 27.5. The summed E-state index contributed by atoms with van der Waals surface area (Å²) >= 11 is 0. The molecule has 3 aromatic rings. The van der Waals surface area contributed by atoms with E-state index in [4.69, 9.17) is 4.84 Å². The molecule has 1 amide bonds. The van der Waals surface area contributed by atoms with Crippen LogP contribution in [0, 0.1) is 5.92 Å². The molecule has 0 radical (unpaired) electrons. The van der Waals surface area contributed by atoms with E-state index in [1.54, 1.807) is 10.7 Å². The molecule has 1 unspecified atom stereocenters. The Kier molecular flexibility index (Phi) is 5.95. The molecule has 1 saturated carbocycles. The van der Waals surface area contributed by atoms with Gasteiger partial charge in [-0.2, -0.15) is 0 Å². The Morgan fingerprint density at radius 2 is 2.03 bits per heavy atom. The summed E-state index contributed by atoms with van der Waals surface area (Å²) in [5, 5.41) is 11.1. The lowest BCUT2D eigenvalue weighted by Gasteiger charge is -2.23. The third-order valence-electron chi connectivity index (χ3n) is 6.05. The Hall–Kier alpha value is -3.46. The van der Waals surface area contributed by atoms with E-state index in [0.717, 1.165) is 24.2 Å². The molecular formula is C24H29N7O2. The van der Waals surface area contributed by atoms with Crippen LogP contribution in [0.25, 0.3) is 5.65 Å². The summed E-state index contributed by atoms with van der Waals surface area (Å²) in [6.07, 6.45) is 7.40. The van der Waals surface area contributed by atoms with Crippen molar-refractivity contribution in [3.63, 3.8) is 0 Å². The number of benzene rings is 1. The van der Waals surface area contributed by atoms with Crippen LogP contribution in [-0.4, -0.2) is 38.6 Å². The molecule has 3 heterocycles. The first kappa shape index (κ1) is 21.4. The molecule has 3 N–H and O–H groups in total. The molecule has 0 saturated heterocycles. The SMILES string of the molecule is CC(C)C1N=C(c2cccc(NC(=O)c3cnc4ccc(NC5CCCCC5)nn34)c2)NO1. The lowest BCUT2D eigenvalue weighted by atomic mass is 9.95. The lowest BCUT2D eigenvalue weighted by molar-refractivity contribution is 0.0107. The van der Waals surface area contributed by atoms with Gasteiger partial charge in [0.05, 0.1) is 6.20 Å². The van der Waals surface area contributed by atoms with Crippen molar-refractivity contribution in [1.29, 1.82) is 0 Å². The van der Waals surface area contributed by atoms with Crippen molar-refractivity contribution >= 4 is 28.9 Å². The maximum atomic E-state index is 13.1. The molecule has 172 valence electrons. The summed E-state index contributed by atoms with van der Waals surface area (Å²) in [5.41, 5.74) is 5.38. The molecule has 1 aromatic carbocycles. The van der Waals surface area contributed by atoms with E-state index in [1.807, 2.05) is 36.4 Å². The number of fused-ring (bicyclic) bond motifs is 1. The van der Waals surface area contributed by atoms with Gasteiger partial charge in [0.15, 0.2) is 23.4 Å².